The zero-order valence-electron chi connectivity index (χ0n) is 16.2. The number of carbonyl (C=O) groups is 2. The molecule has 4 rings (SSSR count). The van der Waals surface area contributed by atoms with E-state index < -0.39 is 5.97 Å². The lowest BCUT2D eigenvalue weighted by Gasteiger charge is -2.08. The molecule has 0 aliphatic carbocycles. The third-order valence-electron chi connectivity index (χ3n) is 4.72. The third-order valence-corrected chi connectivity index (χ3v) is 4.72. The average molecular weight is 398 g/mol. The van der Waals surface area contributed by atoms with E-state index in [1.54, 1.807) is 60.7 Å². The summed E-state index contributed by atoms with van der Waals surface area (Å²) in [5, 5.41) is 0.464. The minimum atomic E-state index is -0.470. The van der Waals surface area contributed by atoms with Gasteiger partial charge in [-0.15, -0.1) is 0 Å². The van der Waals surface area contributed by atoms with Crippen LogP contribution in [0.15, 0.2) is 83.9 Å². The molecular formula is C24H18N2O4. The Kier molecular flexibility index (Phi) is 5.22. The molecule has 0 amide bonds. The number of aromatic nitrogens is 2. The lowest BCUT2D eigenvalue weighted by Crippen LogP contribution is -2.24. The Balaban J connectivity index is 1.47. The number of benzene rings is 3. The fourth-order valence-corrected chi connectivity index (χ4v) is 3.03. The van der Waals surface area contributed by atoms with E-state index in [9.17, 15) is 14.4 Å². The molecule has 6 heteroatoms. The van der Waals surface area contributed by atoms with Crippen LogP contribution in [-0.2, 0) is 6.54 Å². The number of ketones is 1. The molecule has 148 valence electrons. The molecule has 3 aromatic carbocycles. The summed E-state index contributed by atoms with van der Waals surface area (Å²) in [7, 11) is 0. The van der Waals surface area contributed by atoms with Crippen LogP contribution in [0.1, 0.15) is 26.3 Å². The monoisotopic (exact) mass is 398 g/mol. The number of esters is 1. The van der Waals surface area contributed by atoms with E-state index in [0.29, 0.717) is 27.8 Å². The third kappa shape index (κ3) is 4.03. The van der Waals surface area contributed by atoms with Gasteiger partial charge < -0.3 is 4.74 Å². The minimum Gasteiger partial charge on any atom is -0.423 e. The second kappa shape index (κ2) is 8.13. The average Bonchev–Trinajstić information content (AvgIpc) is 2.77. The highest BCUT2D eigenvalue weighted by Gasteiger charge is 2.12. The van der Waals surface area contributed by atoms with E-state index in [0.717, 1.165) is 5.56 Å². The summed E-state index contributed by atoms with van der Waals surface area (Å²) in [4.78, 5) is 41.6. The number of fused-ring (bicyclic) bond motifs is 1. The summed E-state index contributed by atoms with van der Waals surface area (Å²) >= 11 is 0. The van der Waals surface area contributed by atoms with Gasteiger partial charge in [0.15, 0.2) is 5.78 Å². The van der Waals surface area contributed by atoms with Crippen molar-refractivity contribution in [3.8, 4) is 5.75 Å². The number of aryl methyl sites for hydroxylation is 1. The van der Waals surface area contributed by atoms with Crippen molar-refractivity contribution in [2.24, 2.45) is 0 Å². The highest BCUT2D eigenvalue weighted by molar-refractivity contribution is 5.96. The minimum absolute atomic E-state index is 0.126. The van der Waals surface area contributed by atoms with Gasteiger partial charge in [-0.25, -0.2) is 9.78 Å². The fraction of sp³-hybridized carbons (Fsp3) is 0.0833. The molecule has 0 saturated heterocycles. The number of rotatable bonds is 5. The first-order chi connectivity index (χ1) is 14.5. The molecule has 30 heavy (non-hydrogen) atoms. The summed E-state index contributed by atoms with van der Waals surface area (Å²) in [5.41, 5.74) is 2.23. The highest BCUT2D eigenvalue weighted by Crippen LogP contribution is 2.16. The molecular weight excluding hydrogens is 380 g/mol. The van der Waals surface area contributed by atoms with Crippen LogP contribution in [0.25, 0.3) is 10.9 Å². The molecule has 0 aliphatic heterocycles. The number of carbonyl (C=O) groups excluding carboxylic acids is 2. The van der Waals surface area contributed by atoms with Crippen LogP contribution >= 0.6 is 0 Å². The van der Waals surface area contributed by atoms with Crippen molar-refractivity contribution in [1.29, 1.82) is 0 Å². The standard InChI is InChI=1S/C24H18N2O4/c1-16-6-8-18(9-7-16)24(29)30-19-12-10-17(11-13-19)22(27)14-26-15-25-21-5-3-2-4-20(21)23(26)28/h2-13,15H,14H2,1H3. The van der Waals surface area contributed by atoms with Gasteiger partial charge in [-0.1, -0.05) is 29.8 Å². The molecule has 0 bridgehead atoms. The maximum Gasteiger partial charge on any atom is 0.343 e. The number of para-hydroxylation sites is 1. The number of hydrogen-bond acceptors (Lipinski definition) is 5. The van der Waals surface area contributed by atoms with Gasteiger partial charge in [0.1, 0.15) is 5.75 Å². The SMILES string of the molecule is Cc1ccc(C(=O)Oc2ccc(C(=O)Cn3cnc4ccccc4c3=O)cc2)cc1. The van der Waals surface area contributed by atoms with Crippen molar-refractivity contribution in [2.45, 2.75) is 13.5 Å². The second-order valence-corrected chi connectivity index (χ2v) is 6.90. The van der Waals surface area contributed by atoms with Crippen LogP contribution in [0.5, 0.6) is 5.75 Å². The topological polar surface area (TPSA) is 78.3 Å². The molecule has 0 radical (unpaired) electrons. The largest absolute Gasteiger partial charge is 0.423 e. The zero-order valence-corrected chi connectivity index (χ0v) is 16.2. The van der Waals surface area contributed by atoms with Crippen LogP contribution in [0.4, 0.5) is 0 Å². The highest BCUT2D eigenvalue weighted by atomic mass is 16.5. The number of Topliss-reactive ketones (excluding diaryl/α,β-unsaturated/α-hetero) is 1. The van der Waals surface area contributed by atoms with E-state index in [1.807, 2.05) is 19.1 Å². The van der Waals surface area contributed by atoms with Gasteiger partial charge >= 0.3 is 5.97 Å². The number of ether oxygens (including phenoxy) is 1. The van der Waals surface area contributed by atoms with E-state index >= 15 is 0 Å². The quantitative estimate of drug-likeness (QED) is 0.290. The fourth-order valence-electron chi connectivity index (χ4n) is 3.03. The first-order valence-electron chi connectivity index (χ1n) is 9.37. The van der Waals surface area contributed by atoms with Crippen molar-refractivity contribution in [3.05, 3.63) is 106 Å². The normalized spacial score (nSPS) is 10.7. The smallest absolute Gasteiger partial charge is 0.343 e. The lowest BCUT2D eigenvalue weighted by atomic mass is 10.1. The predicted molar refractivity (Wildman–Crippen MR) is 113 cm³/mol. The van der Waals surface area contributed by atoms with Crippen molar-refractivity contribution < 1.29 is 14.3 Å². The Bertz CT molecular complexity index is 1290. The maximum atomic E-state index is 12.6. The summed E-state index contributed by atoms with van der Waals surface area (Å²) in [6.45, 7) is 1.81. The van der Waals surface area contributed by atoms with E-state index in [2.05, 4.69) is 4.98 Å². The van der Waals surface area contributed by atoms with Gasteiger partial charge in [0.25, 0.3) is 5.56 Å². The molecule has 0 aliphatic rings. The Morgan fingerprint density at radius 3 is 2.30 bits per heavy atom. The van der Waals surface area contributed by atoms with Crippen molar-refractivity contribution in [1.82, 2.24) is 9.55 Å². The van der Waals surface area contributed by atoms with E-state index in [-0.39, 0.29) is 17.9 Å². The molecule has 0 fully saturated rings. The van der Waals surface area contributed by atoms with E-state index in [4.69, 9.17) is 4.74 Å². The summed E-state index contributed by atoms with van der Waals surface area (Å²) in [6, 6.07) is 20.3. The Labute approximate surface area is 172 Å². The molecule has 1 heterocycles. The van der Waals surface area contributed by atoms with Crippen LogP contribution < -0.4 is 10.3 Å². The number of hydrogen-bond donors (Lipinski definition) is 0. The first-order valence-corrected chi connectivity index (χ1v) is 9.37. The Morgan fingerprint density at radius 1 is 0.900 bits per heavy atom. The van der Waals surface area contributed by atoms with Crippen LogP contribution in [-0.4, -0.2) is 21.3 Å². The summed E-state index contributed by atoms with van der Waals surface area (Å²) < 4.78 is 6.63. The van der Waals surface area contributed by atoms with Crippen molar-refractivity contribution in [3.63, 3.8) is 0 Å². The van der Waals surface area contributed by atoms with E-state index in [1.165, 1.54) is 10.9 Å². The van der Waals surface area contributed by atoms with Crippen molar-refractivity contribution >= 4 is 22.7 Å². The molecule has 0 atom stereocenters. The molecule has 0 spiro atoms. The van der Waals surface area contributed by atoms with Gasteiger partial charge in [-0.05, 0) is 55.5 Å². The molecule has 1 aromatic heterocycles. The van der Waals surface area contributed by atoms with Crippen LogP contribution in [0.3, 0.4) is 0 Å². The Hall–Kier alpha value is -4.06. The molecule has 0 unspecified atom stereocenters. The van der Waals surface area contributed by atoms with Gasteiger partial charge in [-0.3, -0.25) is 14.2 Å². The van der Waals surface area contributed by atoms with Gasteiger partial charge in [0.2, 0.25) is 0 Å². The molecule has 0 saturated carbocycles. The van der Waals surface area contributed by atoms with Gasteiger partial charge in [0.05, 0.1) is 29.3 Å². The summed E-state index contributed by atoms with van der Waals surface area (Å²) in [6.07, 6.45) is 1.38. The van der Waals surface area contributed by atoms with Gasteiger partial charge in [0, 0.05) is 5.56 Å². The lowest BCUT2D eigenvalue weighted by molar-refractivity contribution is 0.0734. The van der Waals surface area contributed by atoms with Crippen molar-refractivity contribution in [2.75, 3.05) is 0 Å². The van der Waals surface area contributed by atoms with Crippen LogP contribution in [0.2, 0.25) is 0 Å². The van der Waals surface area contributed by atoms with Gasteiger partial charge in [-0.2, -0.15) is 0 Å². The molecule has 6 nitrogen and oxygen atoms in total. The Morgan fingerprint density at radius 2 is 1.57 bits per heavy atom. The number of nitrogens with zero attached hydrogens (tertiary/aromatic N) is 2. The van der Waals surface area contributed by atoms with Crippen LogP contribution in [0, 0.1) is 6.92 Å². The first kappa shape index (κ1) is 19.3. The predicted octanol–water partition coefficient (Wildman–Crippen LogP) is 3.81. The zero-order chi connectivity index (χ0) is 21.1. The summed E-state index contributed by atoms with van der Waals surface area (Å²) in [5.74, 6) is -0.380. The maximum absolute atomic E-state index is 12.6. The molecule has 4 aromatic rings. The second-order valence-electron chi connectivity index (χ2n) is 6.90. The molecule has 0 N–H and O–H groups in total.